The number of rotatable bonds is 16. The minimum absolute atomic E-state index is 0.0536. The van der Waals surface area contributed by atoms with Gasteiger partial charge in [0.25, 0.3) is 5.22 Å². The Morgan fingerprint density at radius 2 is 1.33 bits per heavy atom. The standard InChI is InChI=1S/C51H49N3O7S2/c1-34-18-28-43(29-19-34)63(57,58)54-44(30-36-12-6-3-7-13-36)49(56)52-31-37-20-26-42(27-21-37)50-59-45(35(2)47(60-50)41-24-22-38(32-55)23-25-41)33-62-51-53-46(39-14-8-4-9-15-39)48(61-51)40-16-10-5-11-17-40/h3-29,35,44-45,47,50,54-55H,30-33H2,1-2H3,(H,52,56)/t35-,44-,45+,47+,50+/m1/s1. The second-order valence-corrected chi connectivity index (χ2v) is 18.3. The molecule has 6 aromatic carbocycles. The maximum absolute atomic E-state index is 13.7. The zero-order valence-electron chi connectivity index (χ0n) is 35.0. The number of hydrogen-bond acceptors (Lipinski definition) is 9. The molecule has 1 aliphatic rings. The van der Waals surface area contributed by atoms with E-state index in [1.165, 1.54) is 23.9 Å². The van der Waals surface area contributed by atoms with Crippen molar-refractivity contribution in [3.63, 3.8) is 0 Å². The van der Waals surface area contributed by atoms with Crippen molar-refractivity contribution in [3.05, 3.63) is 197 Å². The summed E-state index contributed by atoms with van der Waals surface area (Å²) in [4.78, 5) is 18.8. The van der Waals surface area contributed by atoms with Gasteiger partial charge in [-0.2, -0.15) is 4.72 Å². The van der Waals surface area contributed by atoms with Crippen molar-refractivity contribution < 1.29 is 32.2 Å². The van der Waals surface area contributed by atoms with Gasteiger partial charge in [0.05, 0.1) is 23.7 Å². The van der Waals surface area contributed by atoms with E-state index in [1.54, 1.807) is 12.1 Å². The molecule has 8 rings (SSSR count). The van der Waals surface area contributed by atoms with E-state index in [-0.39, 0.29) is 42.6 Å². The zero-order valence-corrected chi connectivity index (χ0v) is 36.6. The minimum atomic E-state index is -3.98. The van der Waals surface area contributed by atoms with Crippen molar-refractivity contribution in [1.82, 2.24) is 15.0 Å². The first-order valence-corrected chi connectivity index (χ1v) is 23.3. The maximum Gasteiger partial charge on any atom is 0.256 e. The van der Waals surface area contributed by atoms with Crippen LogP contribution in [-0.2, 0) is 43.9 Å². The van der Waals surface area contributed by atoms with Crippen LogP contribution in [0.4, 0.5) is 0 Å². The van der Waals surface area contributed by atoms with Crippen molar-refractivity contribution >= 4 is 27.7 Å². The van der Waals surface area contributed by atoms with Gasteiger partial charge in [0.2, 0.25) is 15.9 Å². The van der Waals surface area contributed by atoms with E-state index in [4.69, 9.17) is 18.9 Å². The molecule has 1 fully saturated rings. The number of sulfonamides is 1. The third-order valence-electron chi connectivity index (χ3n) is 11.1. The van der Waals surface area contributed by atoms with Crippen LogP contribution in [0.2, 0.25) is 0 Å². The summed E-state index contributed by atoms with van der Waals surface area (Å²) >= 11 is 1.50. The number of aliphatic hydroxyl groups excluding tert-OH is 1. The Balaban J connectivity index is 0.985. The molecule has 1 saturated heterocycles. The van der Waals surface area contributed by atoms with Crippen molar-refractivity contribution in [2.24, 2.45) is 5.92 Å². The number of ether oxygens (including phenoxy) is 2. The molecule has 1 amide bonds. The highest BCUT2D eigenvalue weighted by Gasteiger charge is 2.39. The van der Waals surface area contributed by atoms with Crippen molar-refractivity contribution in [2.75, 3.05) is 5.75 Å². The van der Waals surface area contributed by atoms with Gasteiger partial charge in [-0.25, -0.2) is 13.4 Å². The fraction of sp³-hybridized carbons (Fsp3) is 0.216. The van der Waals surface area contributed by atoms with E-state index in [0.717, 1.165) is 50.2 Å². The van der Waals surface area contributed by atoms with Gasteiger partial charge in [0, 0.05) is 34.9 Å². The molecule has 0 radical (unpaired) electrons. The van der Waals surface area contributed by atoms with Crippen LogP contribution >= 0.6 is 11.8 Å². The number of benzene rings is 6. The smallest absolute Gasteiger partial charge is 0.256 e. The summed E-state index contributed by atoms with van der Waals surface area (Å²) < 4.78 is 49.3. The van der Waals surface area contributed by atoms with E-state index in [9.17, 15) is 18.3 Å². The fourth-order valence-corrected chi connectivity index (χ4v) is 9.70. The molecule has 0 saturated carbocycles. The van der Waals surface area contributed by atoms with Crippen LogP contribution in [0.25, 0.3) is 22.6 Å². The molecule has 12 heteroatoms. The molecule has 3 N–H and O–H groups in total. The van der Waals surface area contributed by atoms with Gasteiger partial charge in [-0.3, -0.25) is 4.79 Å². The summed E-state index contributed by atoms with van der Waals surface area (Å²) in [6.07, 6.45) is -1.13. The predicted molar refractivity (Wildman–Crippen MR) is 245 cm³/mol. The van der Waals surface area contributed by atoms with Gasteiger partial charge >= 0.3 is 0 Å². The second kappa shape index (κ2) is 20.1. The van der Waals surface area contributed by atoms with Crippen molar-refractivity contribution in [2.45, 2.75) is 68.1 Å². The number of oxazole rings is 1. The van der Waals surface area contributed by atoms with Crippen LogP contribution in [0.1, 0.15) is 52.7 Å². The van der Waals surface area contributed by atoms with E-state index < -0.39 is 28.3 Å². The lowest BCUT2D eigenvalue weighted by Gasteiger charge is -2.41. The number of hydrogen-bond donors (Lipinski definition) is 3. The largest absolute Gasteiger partial charge is 0.431 e. The molecule has 0 bridgehead atoms. The van der Waals surface area contributed by atoms with Gasteiger partial charge in [-0.15, -0.1) is 0 Å². The van der Waals surface area contributed by atoms with Crippen LogP contribution in [0.5, 0.6) is 0 Å². The number of nitrogens with zero attached hydrogens (tertiary/aromatic N) is 1. The number of nitrogens with one attached hydrogen (secondary N) is 2. The number of aliphatic hydroxyl groups is 1. The first kappa shape index (κ1) is 43.8. The maximum atomic E-state index is 13.7. The monoisotopic (exact) mass is 879 g/mol. The number of thioether (sulfide) groups is 1. The number of aryl methyl sites for hydroxylation is 1. The molecule has 1 aromatic heterocycles. The quantitative estimate of drug-likeness (QED) is 0.0810. The molecule has 0 aliphatic carbocycles. The summed E-state index contributed by atoms with van der Waals surface area (Å²) in [5.41, 5.74) is 7.83. The Morgan fingerprint density at radius 1 is 0.730 bits per heavy atom. The van der Waals surface area contributed by atoms with E-state index in [0.29, 0.717) is 16.7 Å². The molecular formula is C51H49N3O7S2. The molecule has 7 aromatic rings. The van der Waals surface area contributed by atoms with Crippen LogP contribution < -0.4 is 10.0 Å². The first-order valence-electron chi connectivity index (χ1n) is 20.9. The van der Waals surface area contributed by atoms with Gasteiger partial charge < -0.3 is 24.3 Å². The Bertz CT molecular complexity index is 2620. The average molecular weight is 880 g/mol. The Labute approximate surface area is 372 Å². The summed E-state index contributed by atoms with van der Waals surface area (Å²) in [7, 11) is -3.98. The molecular weight excluding hydrogens is 831 g/mol. The van der Waals surface area contributed by atoms with Crippen LogP contribution in [0, 0.1) is 12.8 Å². The second-order valence-electron chi connectivity index (χ2n) is 15.7. The first-order chi connectivity index (χ1) is 30.6. The third kappa shape index (κ3) is 10.9. The Kier molecular flexibility index (Phi) is 14.0. The van der Waals surface area contributed by atoms with Crippen LogP contribution in [-0.4, -0.2) is 42.3 Å². The van der Waals surface area contributed by atoms with E-state index >= 15 is 0 Å². The lowest BCUT2D eigenvalue weighted by atomic mass is 9.91. The minimum Gasteiger partial charge on any atom is -0.431 e. The summed E-state index contributed by atoms with van der Waals surface area (Å²) in [5.74, 6) is 0.737. The summed E-state index contributed by atoms with van der Waals surface area (Å²) in [6, 6.07) is 50.2. The fourth-order valence-electron chi connectivity index (χ4n) is 7.52. The molecule has 0 spiro atoms. The molecule has 0 unspecified atom stereocenters. The molecule has 322 valence electrons. The van der Waals surface area contributed by atoms with E-state index in [1.807, 2.05) is 146 Å². The molecule has 63 heavy (non-hydrogen) atoms. The van der Waals surface area contributed by atoms with Gasteiger partial charge in [-0.05, 0) is 47.7 Å². The normalized spacial score (nSPS) is 18.1. The van der Waals surface area contributed by atoms with Crippen LogP contribution in [0.15, 0.2) is 178 Å². The highest BCUT2D eigenvalue weighted by atomic mass is 32.2. The molecule has 10 nitrogen and oxygen atoms in total. The van der Waals surface area contributed by atoms with Gasteiger partial charge in [-0.1, -0.05) is 176 Å². The van der Waals surface area contributed by atoms with Crippen molar-refractivity contribution in [3.8, 4) is 22.6 Å². The number of aromatic nitrogens is 1. The Morgan fingerprint density at radius 3 is 1.98 bits per heavy atom. The van der Waals surface area contributed by atoms with Crippen LogP contribution in [0.3, 0.4) is 0 Å². The SMILES string of the molecule is Cc1ccc(S(=O)(=O)N[C@H](Cc2ccccc2)C(=O)NCc2ccc([C@H]3O[C@@H](CSc4nc(-c5ccccc5)c(-c5ccccc5)o4)[C@@H](C)[C@@H](c4ccc(CO)cc4)O3)cc2)cc1. The van der Waals surface area contributed by atoms with Gasteiger partial charge in [0.15, 0.2) is 12.1 Å². The summed E-state index contributed by atoms with van der Waals surface area (Å²) in [5, 5.41) is 13.2. The molecule has 2 heterocycles. The number of amides is 1. The molecule has 5 atom stereocenters. The van der Waals surface area contributed by atoms with E-state index in [2.05, 4.69) is 17.0 Å². The number of carbonyl (C=O) groups is 1. The topological polar surface area (TPSA) is 140 Å². The third-order valence-corrected chi connectivity index (χ3v) is 13.5. The molecule has 1 aliphatic heterocycles. The van der Waals surface area contributed by atoms with Crippen molar-refractivity contribution in [1.29, 1.82) is 0 Å². The van der Waals surface area contributed by atoms with Gasteiger partial charge in [0.1, 0.15) is 11.7 Å². The zero-order chi connectivity index (χ0) is 43.8. The highest BCUT2D eigenvalue weighted by Crippen LogP contribution is 2.44. The average Bonchev–Trinajstić information content (AvgIpc) is 3.76. The lowest BCUT2D eigenvalue weighted by molar-refractivity contribution is -0.268. The predicted octanol–water partition coefficient (Wildman–Crippen LogP) is 9.60. The lowest BCUT2D eigenvalue weighted by Crippen LogP contribution is -2.47. The highest BCUT2D eigenvalue weighted by molar-refractivity contribution is 7.99. The number of carbonyl (C=O) groups excluding carboxylic acids is 1. The Hall–Kier alpha value is -5.86. The summed E-state index contributed by atoms with van der Waals surface area (Å²) in [6.45, 7) is 4.12.